The zero-order valence-corrected chi connectivity index (χ0v) is 19.1. The molecule has 0 radical (unpaired) electrons. The van der Waals surface area contributed by atoms with Crippen LogP contribution in [0.3, 0.4) is 0 Å². The summed E-state index contributed by atoms with van der Waals surface area (Å²) in [6.07, 6.45) is 7.71. The van der Waals surface area contributed by atoms with Gasteiger partial charge in [-0.2, -0.15) is 0 Å². The number of nitrogens with zero attached hydrogens (tertiary/aromatic N) is 4. The van der Waals surface area contributed by atoms with E-state index in [9.17, 15) is 9.18 Å². The van der Waals surface area contributed by atoms with Crippen molar-refractivity contribution in [3.05, 3.63) is 51.6 Å². The molecule has 0 spiro atoms. The lowest BCUT2D eigenvalue weighted by atomic mass is 10.1. The van der Waals surface area contributed by atoms with Gasteiger partial charge < -0.3 is 4.74 Å². The standard InChI is InChI=1S/C24H29FN4O2S/c25-20-14-18(6-7-22(20)31-13-12-27-8-4-5-9-27)29-17-26-21-15-19(32-23(21)24(29)30)16-28-10-2-1-3-11-28/h6-7,14-15,17H,1-5,8-13,16H2. The summed E-state index contributed by atoms with van der Waals surface area (Å²) in [5.74, 6) is -0.247. The van der Waals surface area contributed by atoms with Crippen molar-refractivity contribution < 1.29 is 9.13 Å². The van der Waals surface area contributed by atoms with Gasteiger partial charge in [0.15, 0.2) is 11.6 Å². The molecule has 1 aromatic carbocycles. The Morgan fingerprint density at radius 3 is 2.53 bits per heavy atom. The topological polar surface area (TPSA) is 50.6 Å². The molecule has 0 saturated carbocycles. The van der Waals surface area contributed by atoms with Gasteiger partial charge in [-0.15, -0.1) is 11.3 Å². The van der Waals surface area contributed by atoms with Crippen LogP contribution in [0.2, 0.25) is 0 Å². The molecule has 2 saturated heterocycles. The Morgan fingerprint density at radius 2 is 1.75 bits per heavy atom. The highest BCUT2D eigenvalue weighted by atomic mass is 32.1. The molecule has 5 rings (SSSR count). The molecule has 2 aliphatic heterocycles. The number of piperidine rings is 1. The molecule has 2 aliphatic rings. The summed E-state index contributed by atoms with van der Waals surface area (Å²) in [4.78, 5) is 23.5. The molecule has 0 aliphatic carbocycles. The normalized spacial score (nSPS) is 17.9. The second kappa shape index (κ2) is 9.68. The van der Waals surface area contributed by atoms with Gasteiger partial charge >= 0.3 is 0 Å². The Labute approximate surface area is 191 Å². The molecular weight excluding hydrogens is 427 g/mol. The zero-order valence-electron chi connectivity index (χ0n) is 18.3. The molecule has 8 heteroatoms. The number of ether oxygens (including phenoxy) is 1. The smallest absolute Gasteiger partial charge is 0.275 e. The number of benzene rings is 1. The van der Waals surface area contributed by atoms with Gasteiger partial charge in [0.2, 0.25) is 0 Å². The van der Waals surface area contributed by atoms with Crippen LogP contribution in [-0.2, 0) is 6.54 Å². The quantitative estimate of drug-likeness (QED) is 0.537. The lowest BCUT2D eigenvalue weighted by Crippen LogP contribution is -2.28. The first-order valence-electron chi connectivity index (χ1n) is 11.5. The number of rotatable bonds is 7. The first kappa shape index (κ1) is 21.6. The van der Waals surface area contributed by atoms with Crippen molar-refractivity contribution in [2.75, 3.05) is 39.3 Å². The van der Waals surface area contributed by atoms with Crippen LogP contribution in [0.5, 0.6) is 5.75 Å². The van der Waals surface area contributed by atoms with Crippen molar-refractivity contribution in [2.45, 2.75) is 38.6 Å². The van der Waals surface area contributed by atoms with Crippen molar-refractivity contribution in [2.24, 2.45) is 0 Å². The highest BCUT2D eigenvalue weighted by Gasteiger charge is 2.16. The van der Waals surface area contributed by atoms with Crippen LogP contribution in [0, 0.1) is 5.82 Å². The molecule has 2 aromatic heterocycles. The number of aromatic nitrogens is 2. The van der Waals surface area contributed by atoms with Gasteiger partial charge in [-0.05, 0) is 70.1 Å². The summed E-state index contributed by atoms with van der Waals surface area (Å²) in [5.41, 5.74) is 1.01. The van der Waals surface area contributed by atoms with Crippen molar-refractivity contribution in [1.29, 1.82) is 0 Å². The third kappa shape index (κ3) is 4.72. The van der Waals surface area contributed by atoms with E-state index in [1.54, 1.807) is 12.1 Å². The van der Waals surface area contributed by atoms with E-state index in [-0.39, 0.29) is 11.3 Å². The Kier molecular flexibility index (Phi) is 6.52. The average molecular weight is 457 g/mol. The molecule has 6 nitrogen and oxygen atoms in total. The zero-order chi connectivity index (χ0) is 21.9. The van der Waals surface area contributed by atoms with E-state index in [1.165, 1.54) is 60.4 Å². The molecule has 0 amide bonds. The van der Waals surface area contributed by atoms with Gasteiger partial charge in [0.05, 0.1) is 11.2 Å². The summed E-state index contributed by atoms with van der Waals surface area (Å²) < 4.78 is 22.3. The van der Waals surface area contributed by atoms with Crippen molar-refractivity contribution in [3.63, 3.8) is 0 Å². The van der Waals surface area contributed by atoms with Gasteiger partial charge in [0.25, 0.3) is 5.56 Å². The fraction of sp³-hybridized carbons (Fsp3) is 0.500. The molecule has 3 aromatic rings. The number of hydrogen-bond acceptors (Lipinski definition) is 6. The maximum absolute atomic E-state index is 14.7. The molecule has 0 N–H and O–H groups in total. The van der Waals surface area contributed by atoms with E-state index in [0.717, 1.165) is 44.1 Å². The first-order valence-corrected chi connectivity index (χ1v) is 12.4. The highest BCUT2D eigenvalue weighted by Crippen LogP contribution is 2.25. The Bertz CT molecular complexity index is 1130. The largest absolute Gasteiger partial charge is 0.489 e. The molecule has 4 heterocycles. The SMILES string of the molecule is O=c1c2sc(CN3CCCCC3)cc2ncn1-c1ccc(OCCN2CCCC2)c(F)c1. The number of thiophene rings is 1. The molecule has 0 bridgehead atoms. The minimum absolute atomic E-state index is 0.160. The van der Waals surface area contributed by atoms with E-state index in [0.29, 0.717) is 22.5 Å². The number of halogens is 1. The number of likely N-dealkylation sites (tertiary alicyclic amines) is 2. The van der Waals surface area contributed by atoms with Crippen LogP contribution in [0.25, 0.3) is 15.9 Å². The van der Waals surface area contributed by atoms with Crippen molar-refractivity contribution >= 4 is 21.6 Å². The molecule has 2 fully saturated rings. The lowest BCUT2D eigenvalue weighted by Gasteiger charge is -2.25. The van der Waals surface area contributed by atoms with Crippen LogP contribution >= 0.6 is 11.3 Å². The molecule has 170 valence electrons. The Hall–Kier alpha value is -2.29. The van der Waals surface area contributed by atoms with Crippen LogP contribution < -0.4 is 10.3 Å². The van der Waals surface area contributed by atoms with E-state index in [2.05, 4.69) is 14.8 Å². The third-order valence-corrected chi connectivity index (χ3v) is 7.47. The van der Waals surface area contributed by atoms with Crippen molar-refractivity contribution in [3.8, 4) is 11.4 Å². The van der Waals surface area contributed by atoms with E-state index in [1.807, 2.05) is 6.07 Å². The molecule has 0 atom stereocenters. The maximum atomic E-state index is 14.7. The lowest BCUT2D eigenvalue weighted by molar-refractivity contribution is 0.223. The summed E-state index contributed by atoms with van der Waals surface area (Å²) in [7, 11) is 0. The monoisotopic (exact) mass is 456 g/mol. The summed E-state index contributed by atoms with van der Waals surface area (Å²) in [6, 6.07) is 6.67. The average Bonchev–Trinajstić information content (AvgIpc) is 3.46. The number of fused-ring (bicyclic) bond motifs is 1. The minimum Gasteiger partial charge on any atom is -0.489 e. The second-order valence-corrected chi connectivity index (χ2v) is 9.83. The minimum atomic E-state index is -0.465. The predicted octanol–water partition coefficient (Wildman–Crippen LogP) is 4.05. The van der Waals surface area contributed by atoms with Gasteiger partial charge in [0.1, 0.15) is 17.6 Å². The third-order valence-electron chi connectivity index (χ3n) is 6.37. The number of hydrogen-bond donors (Lipinski definition) is 0. The van der Waals surface area contributed by atoms with Crippen molar-refractivity contribution in [1.82, 2.24) is 19.4 Å². The Balaban J connectivity index is 1.31. The van der Waals surface area contributed by atoms with E-state index >= 15 is 0 Å². The van der Waals surface area contributed by atoms with Crippen LogP contribution in [0.15, 0.2) is 35.4 Å². The summed E-state index contributed by atoms with van der Waals surface area (Å²) >= 11 is 1.50. The Morgan fingerprint density at radius 1 is 1.00 bits per heavy atom. The van der Waals surface area contributed by atoms with Gasteiger partial charge in [-0.25, -0.2) is 9.37 Å². The second-order valence-electron chi connectivity index (χ2n) is 8.70. The molecule has 0 unspecified atom stereocenters. The summed E-state index contributed by atoms with van der Waals surface area (Å²) in [6.45, 7) is 6.52. The van der Waals surface area contributed by atoms with Gasteiger partial charge in [-0.1, -0.05) is 6.42 Å². The summed E-state index contributed by atoms with van der Waals surface area (Å²) in [5, 5.41) is 0. The fourth-order valence-corrected chi connectivity index (χ4v) is 5.69. The molecule has 32 heavy (non-hydrogen) atoms. The van der Waals surface area contributed by atoms with Crippen LogP contribution in [-0.4, -0.2) is 58.7 Å². The molecular formula is C24H29FN4O2S. The highest BCUT2D eigenvalue weighted by molar-refractivity contribution is 7.18. The van der Waals surface area contributed by atoms with E-state index < -0.39 is 5.82 Å². The van der Waals surface area contributed by atoms with E-state index in [4.69, 9.17) is 4.74 Å². The van der Waals surface area contributed by atoms with Crippen LogP contribution in [0.1, 0.15) is 37.0 Å². The van der Waals surface area contributed by atoms with Crippen LogP contribution in [0.4, 0.5) is 4.39 Å². The fourth-order valence-electron chi connectivity index (χ4n) is 4.61. The maximum Gasteiger partial charge on any atom is 0.275 e. The first-order chi connectivity index (χ1) is 15.7. The van der Waals surface area contributed by atoms with Gasteiger partial charge in [-0.3, -0.25) is 19.2 Å². The van der Waals surface area contributed by atoms with Gasteiger partial charge in [0, 0.05) is 24.0 Å². The predicted molar refractivity (Wildman–Crippen MR) is 125 cm³/mol.